The molecule has 1 heterocycles. The third-order valence-corrected chi connectivity index (χ3v) is 3.51. The highest BCUT2D eigenvalue weighted by Gasteiger charge is 2.09. The quantitative estimate of drug-likeness (QED) is 0.342. The number of non-ortho nitro benzene ring substituents is 1. The van der Waals surface area contributed by atoms with Gasteiger partial charge in [0.25, 0.3) is 5.69 Å². The SMILES string of the molecule is O=[N+]([O-])c1cccc(/C=N\NC(=S)NCCN2CCOCC2)c1. The van der Waals surface area contributed by atoms with Gasteiger partial charge in [0.15, 0.2) is 5.11 Å². The summed E-state index contributed by atoms with van der Waals surface area (Å²) in [6, 6.07) is 6.22. The van der Waals surface area contributed by atoms with Gasteiger partial charge in [0.2, 0.25) is 0 Å². The second-order valence-corrected chi connectivity index (χ2v) is 5.34. The molecule has 0 bridgehead atoms. The van der Waals surface area contributed by atoms with Gasteiger partial charge in [-0.15, -0.1) is 0 Å². The number of ether oxygens (including phenoxy) is 1. The number of nitrogens with zero attached hydrogens (tertiary/aromatic N) is 3. The summed E-state index contributed by atoms with van der Waals surface area (Å²) in [6.45, 7) is 5.03. The number of morpholine rings is 1. The first-order valence-corrected chi connectivity index (χ1v) is 7.67. The first-order chi connectivity index (χ1) is 11.1. The van der Waals surface area contributed by atoms with Gasteiger partial charge in [0.05, 0.1) is 24.4 Å². The molecule has 0 aromatic heterocycles. The normalized spacial score (nSPS) is 15.5. The van der Waals surface area contributed by atoms with Gasteiger partial charge in [-0.25, -0.2) is 0 Å². The molecule has 0 unspecified atom stereocenters. The van der Waals surface area contributed by atoms with E-state index in [1.165, 1.54) is 18.3 Å². The zero-order chi connectivity index (χ0) is 16.5. The standard InChI is InChI=1S/C14H19N5O3S/c20-19(21)13-3-1-2-12(10-13)11-16-17-14(23)15-4-5-18-6-8-22-9-7-18/h1-3,10-11H,4-9H2,(H2,15,17,23)/b16-11-. The van der Waals surface area contributed by atoms with Crippen molar-refractivity contribution in [1.29, 1.82) is 0 Å². The van der Waals surface area contributed by atoms with Crippen LogP contribution in [-0.2, 0) is 4.74 Å². The smallest absolute Gasteiger partial charge is 0.270 e. The largest absolute Gasteiger partial charge is 0.379 e. The Bertz CT molecular complexity index is 575. The van der Waals surface area contributed by atoms with E-state index in [1.54, 1.807) is 12.1 Å². The molecule has 0 amide bonds. The van der Waals surface area contributed by atoms with Crippen LogP contribution in [0, 0.1) is 10.1 Å². The van der Waals surface area contributed by atoms with Gasteiger partial charge in [-0.3, -0.25) is 20.4 Å². The highest BCUT2D eigenvalue weighted by molar-refractivity contribution is 7.80. The van der Waals surface area contributed by atoms with Crippen molar-refractivity contribution in [2.24, 2.45) is 5.10 Å². The Kier molecular flexibility index (Phi) is 6.85. The predicted octanol–water partition coefficient (Wildman–Crippen LogP) is 0.725. The number of hydrogen-bond donors (Lipinski definition) is 2. The summed E-state index contributed by atoms with van der Waals surface area (Å²) in [6.07, 6.45) is 1.49. The molecule has 0 spiro atoms. The number of nitro groups is 1. The Morgan fingerprint density at radius 1 is 1.48 bits per heavy atom. The maximum Gasteiger partial charge on any atom is 0.270 e. The van der Waals surface area contributed by atoms with Crippen LogP contribution in [0.4, 0.5) is 5.69 Å². The number of hydrogen-bond acceptors (Lipinski definition) is 6. The molecule has 1 aliphatic rings. The van der Waals surface area contributed by atoms with Crippen molar-refractivity contribution in [3.63, 3.8) is 0 Å². The van der Waals surface area contributed by atoms with Gasteiger partial charge in [0.1, 0.15) is 0 Å². The van der Waals surface area contributed by atoms with Crippen LogP contribution in [-0.4, -0.2) is 60.5 Å². The first kappa shape index (κ1) is 17.3. The second kappa shape index (κ2) is 9.13. The Balaban J connectivity index is 1.69. The summed E-state index contributed by atoms with van der Waals surface area (Å²) in [5.74, 6) is 0. The lowest BCUT2D eigenvalue weighted by molar-refractivity contribution is -0.384. The molecule has 2 N–H and O–H groups in total. The van der Waals surface area contributed by atoms with Crippen molar-refractivity contribution in [3.05, 3.63) is 39.9 Å². The average Bonchev–Trinajstić information content (AvgIpc) is 2.56. The van der Waals surface area contributed by atoms with Crippen molar-refractivity contribution in [1.82, 2.24) is 15.6 Å². The summed E-state index contributed by atoms with van der Waals surface area (Å²) in [4.78, 5) is 12.5. The molecule has 124 valence electrons. The Hall–Kier alpha value is -2.10. The van der Waals surface area contributed by atoms with Crippen LogP contribution in [0.1, 0.15) is 5.56 Å². The number of benzene rings is 1. The molecule has 8 nitrogen and oxygen atoms in total. The molecule has 1 aromatic carbocycles. The fourth-order valence-corrected chi connectivity index (χ4v) is 2.23. The van der Waals surface area contributed by atoms with E-state index < -0.39 is 4.92 Å². The summed E-state index contributed by atoms with van der Waals surface area (Å²) in [5.41, 5.74) is 3.35. The molecule has 1 aromatic rings. The van der Waals surface area contributed by atoms with Crippen LogP contribution in [0.3, 0.4) is 0 Å². The minimum atomic E-state index is -0.442. The van der Waals surface area contributed by atoms with Crippen molar-refractivity contribution < 1.29 is 9.66 Å². The number of thiocarbonyl (C=S) groups is 1. The third-order valence-electron chi connectivity index (χ3n) is 3.28. The van der Waals surface area contributed by atoms with E-state index >= 15 is 0 Å². The van der Waals surface area contributed by atoms with Gasteiger partial charge >= 0.3 is 0 Å². The van der Waals surface area contributed by atoms with Crippen LogP contribution in [0.2, 0.25) is 0 Å². The summed E-state index contributed by atoms with van der Waals surface area (Å²) >= 11 is 5.12. The fourth-order valence-electron chi connectivity index (χ4n) is 2.08. The molecular weight excluding hydrogens is 318 g/mol. The molecule has 1 saturated heterocycles. The second-order valence-electron chi connectivity index (χ2n) is 4.93. The van der Waals surface area contributed by atoms with Crippen molar-refractivity contribution in [3.8, 4) is 0 Å². The molecule has 9 heteroatoms. The lowest BCUT2D eigenvalue weighted by Crippen LogP contribution is -2.42. The van der Waals surface area contributed by atoms with Gasteiger partial charge < -0.3 is 10.1 Å². The highest BCUT2D eigenvalue weighted by atomic mass is 32.1. The third kappa shape index (κ3) is 6.27. The van der Waals surface area contributed by atoms with E-state index in [2.05, 4.69) is 20.7 Å². The van der Waals surface area contributed by atoms with Crippen molar-refractivity contribution in [2.45, 2.75) is 0 Å². The number of rotatable bonds is 6. The van der Waals surface area contributed by atoms with Crippen molar-refractivity contribution in [2.75, 3.05) is 39.4 Å². The van der Waals surface area contributed by atoms with E-state index in [4.69, 9.17) is 17.0 Å². The highest BCUT2D eigenvalue weighted by Crippen LogP contribution is 2.11. The summed E-state index contributed by atoms with van der Waals surface area (Å²) in [7, 11) is 0. The monoisotopic (exact) mass is 337 g/mol. The maximum atomic E-state index is 10.7. The van der Waals surface area contributed by atoms with E-state index in [0.29, 0.717) is 10.7 Å². The predicted molar refractivity (Wildman–Crippen MR) is 91.7 cm³/mol. The molecule has 1 fully saturated rings. The number of hydrazone groups is 1. The zero-order valence-corrected chi connectivity index (χ0v) is 13.4. The van der Waals surface area contributed by atoms with Gasteiger partial charge in [-0.2, -0.15) is 5.10 Å². The molecule has 0 atom stereocenters. The van der Waals surface area contributed by atoms with Crippen LogP contribution >= 0.6 is 12.2 Å². The molecule has 0 radical (unpaired) electrons. The Morgan fingerprint density at radius 2 is 2.26 bits per heavy atom. The Morgan fingerprint density at radius 3 is 3.00 bits per heavy atom. The van der Waals surface area contributed by atoms with Crippen LogP contribution in [0.25, 0.3) is 0 Å². The minimum Gasteiger partial charge on any atom is -0.379 e. The Labute approximate surface area is 139 Å². The zero-order valence-electron chi connectivity index (χ0n) is 12.6. The molecule has 23 heavy (non-hydrogen) atoms. The van der Waals surface area contributed by atoms with Gasteiger partial charge in [-0.1, -0.05) is 12.1 Å². The minimum absolute atomic E-state index is 0.0279. The van der Waals surface area contributed by atoms with Gasteiger partial charge in [-0.05, 0) is 12.2 Å². The lowest BCUT2D eigenvalue weighted by Gasteiger charge is -2.26. The molecule has 0 saturated carbocycles. The lowest BCUT2D eigenvalue weighted by atomic mass is 10.2. The van der Waals surface area contributed by atoms with Gasteiger partial charge in [0, 0.05) is 43.9 Å². The summed E-state index contributed by atoms with van der Waals surface area (Å²) in [5, 5.41) is 18.1. The van der Waals surface area contributed by atoms with Crippen molar-refractivity contribution >= 4 is 29.2 Å². The first-order valence-electron chi connectivity index (χ1n) is 7.26. The van der Waals surface area contributed by atoms with E-state index in [0.717, 1.165) is 39.4 Å². The van der Waals surface area contributed by atoms with Crippen LogP contribution in [0.5, 0.6) is 0 Å². The average molecular weight is 337 g/mol. The van der Waals surface area contributed by atoms with E-state index in [9.17, 15) is 10.1 Å². The maximum absolute atomic E-state index is 10.7. The van der Waals surface area contributed by atoms with Crippen LogP contribution < -0.4 is 10.7 Å². The number of nitro benzene ring substituents is 1. The summed E-state index contributed by atoms with van der Waals surface area (Å²) < 4.78 is 5.28. The molecular formula is C14H19N5O3S. The van der Waals surface area contributed by atoms with E-state index in [-0.39, 0.29) is 5.69 Å². The molecule has 0 aliphatic carbocycles. The fraction of sp³-hybridized carbons (Fsp3) is 0.429. The van der Waals surface area contributed by atoms with E-state index in [1.807, 2.05) is 0 Å². The topological polar surface area (TPSA) is 92.0 Å². The molecule has 2 rings (SSSR count). The van der Waals surface area contributed by atoms with Crippen LogP contribution in [0.15, 0.2) is 29.4 Å². The number of nitrogens with one attached hydrogen (secondary N) is 2. The molecule has 1 aliphatic heterocycles.